The number of hydrogen-bond acceptors (Lipinski definition) is 5. The predicted octanol–water partition coefficient (Wildman–Crippen LogP) is 2.21. The monoisotopic (exact) mass is 264 g/mol. The van der Waals surface area contributed by atoms with Crippen molar-refractivity contribution < 1.29 is 18.7 Å². The van der Waals surface area contributed by atoms with Crippen molar-refractivity contribution >= 4 is 22.6 Å². The normalized spacial score (nSPS) is 10.3. The molecule has 0 atom stereocenters. The van der Waals surface area contributed by atoms with Gasteiger partial charge in [-0.2, -0.15) is 0 Å². The standard InChI is InChI=1S/C13H13FN2O3/c1-15-12-7-4-11(18-2)9(14)5-10(7)16-6-8(12)13(17)19-3/h4-6H,1-3H3,(H,15,16). The second-order valence-electron chi connectivity index (χ2n) is 3.79. The maximum atomic E-state index is 13.6. The number of anilines is 1. The van der Waals surface area contributed by atoms with Crippen molar-refractivity contribution in [1.29, 1.82) is 0 Å². The average molecular weight is 264 g/mol. The van der Waals surface area contributed by atoms with E-state index in [2.05, 4.69) is 15.0 Å². The van der Waals surface area contributed by atoms with Gasteiger partial charge in [0.05, 0.1) is 25.4 Å². The van der Waals surface area contributed by atoms with Crippen LogP contribution in [0.5, 0.6) is 5.75 Å². The van der Waals surface area contributed by atoms with E-state index < -0.39 is 11.8 Å². The van der Waals surface area contributed by atoms with Crippen LogP contribution < -0.4 is 10.1 Å². The first-order chi connectivity index (χ1) is 9.12. The van der Waals surface area contributed by atoms with Gasteiger partial charge in [-0.25, -0.2) is 9.18 Å². The van der Waals surface area contributed by atoms with E-state index in [9.17, 15) is 9.18 Å². The Morgan fingerprint density at radius 1 is 1.37 bits per heavy atom. The van der Waals surface area contributed by atoms with Crippen molar-refractivity contribution in [3.05, 3.63) is 29.7 Å². The summed E-state index contributed by atoms with van der Waals surface area (Å²) < 4.78 is 23.2. The number of rotatable bonds is 3. The van der Waals surface area contributed by atoms with Gasteiger partial charge in [0.15, 0.2) is 11.6 Å². The molecule has 1 N–H and O–H groups in total. The second-order valence-corrected chi connectivity index (χ2v) is 3.79. The van der Waals surface area contributed by atoms with E-state index in [1.54, 1.807) is 7.05 Å². The lowest BCUT2D eigenvalue weighted by Gasteiger charge is -2.12. The Morgan fingerprint density at radius 3 is 2.68 bits per heavy atom. The van der Waals surface area contributed by atoms with E-state index in [1.165, 1.54) is 32.5 Å². The molecule has 100 valence electrons. The molecule has 0 saturated heterocycles. The molecule has 1 heterocycles. The fourth-order valence-electron chi connectivity index (χ4n) is 1.88. The van der Waals surface area contributed by atoms with Crippen LogP contribution in [-0.2, 0) is 4.74 Å². The third-order valence-electron chi connectivity index (χ3n) is 2.80. The quantitative estimate of drug-likeness (QED) is 0.861. The number of methoxy groups -OCH3 is 2. The molecule has 0 radical (unpaired) electrons. The molecule has 0 spiro atoms. The predicted molar refractivity (Wildman–Crippen MR) is 69.1 cm³/mol. The fourth-order valence-corrected chi connectivity index (χ4v) is 1.88. The Balaban J connectivity index is 2.77. The molecule has 0 bridgehead atoms. The Kier molecular flexibility index (Phi) is 3.50. The van der Waals surface area contributed by atoms with Gasteiger partial charge < -0.3 is 14.8 Å². The number of nitrogens with one attached hydrogen (secondary N) is 1. The first kappa shape index (κ1) is 13.1. The summed E-state index contributed by atoms with van der Waals surface area (Å²) in [6.45, 7) is 0. The van der Waals surface area contributed by atoms with Gasteiger partial charge in [-0.1, -0.05) is 0 Å². The first-order valence-corrected chi connectivity index (χ1v) is 5.54. The highest BCUT2D eigenvalue weighted by molar-refractivity contribution is 6.05. The van der Waals surface area contributed by atoms with E-state index in [1.807, 2.05) is 0 Å². The molecule has 5 nitrogen and oxygen atoms in total. The number of carbonyl (C=O) groups is 1. The fraction of sp³-hybridized carbons (Fsp3) is 0.231. The van der Waals surface area contributed by atoms with Crippen molar-refractivity contribution in [1.82, 2.24) is 4.98 Å². The summed E-state index contributed by atoms with van der Waals surface area (Å²) in [6, 6.07) is 2.76. The smallest absolute Gasteiger partial charge is 0.341 e. The minimum absolute atomic E-state index is 0.0906. The molecular weight excluding hydrogens is 251 g/mol. The van der Waals surface area contributed by atoms with E-state index >= 15 is 0 Å². The van der Waals surface area contributed by atoms with Crippen molar-refractivity contribution in [3.63, 3.8) is 0 Å². The van der Waals surface area contributed by atoms with Crippen LogP contribution >= 0.6 is 0 Å². The molecule has 0 aliphatic heterocycles. The molecule has 19 heavy (non-hydrogen) atoms. The maximum absolute atomic E-state index is 13.6. The topological polar surface area (TPSA) is 60.5 Å². The lowest BCUT2D eigenvalue weighted by atomic mass is 10.1. The third-order valence-corrected chi connectivity index (χ3v) is 2.80. The van der Waals surface area contributed by atoms with E-state index in [4.69, 9.17) is 4.74 Å². The molecule has 0 saturated carbocycles. The molecule has 2 aromatic rings. The van der Waals surface area contributed by atoms with Crippen LogP contribution in [0.15, 0.2) is 18.3 Å². The van der Waals surface area contributed by atoms with Gasteiger partial charge in [-0.15, -0.1) is 0 Å². The molecule has 1 aromatic heterocycles. The van der Waals surface area contributed by atoms with Gasteiger partial charge in [0, 0.05) is 24.7 Å². The number of halogens is 1. The first-order valence-electron chi connectivity index (χ1n) is 5.54. The number of nitrogens with zero attached hydrogens (tertiary/aromatic N) is 1. The number of carbonyl (C=O) groups excluding carboxylic acids is 1. The van der Waals surface area contributed by atoms with Crippen molar-refractivity contribution in [2.45, 2.75) is 0 Å². The molecule has 1 aromatic carbocycles. The third kappa shape index (κ3) is 2.16. The lowest BCUT2D eigenvalue weighted by Crippen LogP contribution is -2.07. The molecule has 0 aliphatic rings. The minimum Gasteiger partial charge on any atom is -0.494 e. The van der Waals surface area contributed by atoms with E-state index in [-0.39, 0.29) is 11.3 Å². The lowest BCUT2D eigenvalue weighted by molar-refractivity contribution is 0.0601. The SMILES string of the molecule is CNc1c(C(=O)OC)cnc2cc(F)c(OC)cc12. The number of fused-ring (bicyclic) bond motifs is 1. The Morgan fingerprint density at radius 2 is 2.11 bits per heavy atom. The van der Waals surface area contributed by atoms with Gasteiger partial charge in [0.1, 0.15) is 5.56 Å². The Hall–Kier alpha value is -2.37. The molecule has 0 unspecified atom stereocenters. The van der Waals surface area contributed by atoms with E-state index in [0.717, 1.165) is 0 Å². The van der Waals surface area contributed by atoms with Gasteiger partial charge >= 0.3 is 5.97 Å². The van der Waals surface area contributed by atoms with Crippen molar-refractivity contribution in [2.24, 2.45) is 0 Å². The maximum Gasteiger partial charge on any atom is 0.341 e. The average Bonchev–Trinajstić information content (AvgIpc) is 2.44. The molecular formula is C13H13FN2O3. The summed E-state index contributed by atoms with van der Waals surface area (Å²) in [5.41, 5.74) is 1.23. The summed E-state index contributed by atoms with van der Waals surface area (Å²) in [4.78, 5) is 15.7. The number of benzene rings is 1. The van der Waals surface area contributed by atoms with Crippen LogP contribution in [0.2, 0.25) is 0 Å². The molecule has 0 amide bonds. The molecule has 0 fully saturated rings. The highest BCUT2D eigenvalue weighted by atomic mass is 19.1. The van der Waals surface area contributed by atoms with Crippen LogP contribution in [0.1, 0.15) is 10.4 Å². The summed E-state index contributed by atoms with van der Waals surface area (Å²) >= 11 is 0. The minimum atomic E-state index is -0.512. The van der Waals surface area contributed by atoms with E-state index in [0.29, 0.717) is 16.6 Å². The molecule has 6 heteroatoms. The van der Waals surface area contributed by atoms with Gasteiger partial charge in [-0.3, -0.25) is 4.98 Å². The molecule has 0 aliphatic carbocycles. The summed E-state index contributed by atoms with van der Waals surface area (Å²) in [5, 5.41) is 3.49. The zero-order chi connectivity index (χ0) is 14.0. The van der Waals surface area contributed by atoms with Crippen LogP contribution in [0.4, 0.5) is 10.1 Å². The van der Waals surface area contributed by atoms with Crippen molar-refractivity contribution in [2.75, 3.05) is 26.6 Å². The van der Waals surface area contributed by atoms with Crippen LogP contribution in [0.25, 0.3) is 10.9 Å². The second kappa shape index (κ2) is 5.09. The summed E-state index contributed by atoms with van der Waals surface area (Å²) in [7, 11) is 4.33. The zero-order valence-electron chi connectivity index (χ0n) is 10.8. The largest absolute Gasteiger partial charge is 0.494 e. The van der Waals surface area contributed by atoms with Crippen LogP contribution in [-0.4, -0.2) is 32.2 Å². The van der Waals surface area contributed by atoms with Gasteiger partial charge in [0.2, 0.25) is 0 Å². The Labute approximate surface area is 109 Å². The zero-order valence-corrected chi connectivity index (χ0v) is 10.8. The number of hydrogen-bond donors (Lipinski definition) is 1. The highest BCUT2D eigenvalue weighted by Crippen LogP contribution is 2.31. The number of esters is 1. The van der Waals surface area contributed by atoms with Gasteiger partial charge in [0.25, 0.3) is 0 Å². The number of ether oxygens (including phenoxy) is 2. The summed E-state index contributed by atoms with van der Waals surface area (Å²) in [5.74, 6) is -0.926. The Bertz CT molecular complexity index is 643. The van der Waals surface area contributed by atoms with Crippen LogP contribution in [0.3, 0.4) is 0 Å². The summed E-state index contributed by atoms with van der Waals surface area (Å²) in [6.07, 6.45) is 1.35. The number of aromatic nitrogens is 1. The number of pyridine rings is 1. The highest BCUT2D eigenvalue weighted by Gasteiger charge is 2.17. The van der Waals surface area contributed by atoms with Gasteiger partial charge in [-0.05, 0) is 6.07 Å². The van der Waals surface area contributed by atoms with Crippen LogP contribution in [0, 0.1) is 5.82 Å². The van der Waals surface area contributed by atoms with Crippen molar-refractivity contribution in [3.8, 4) is 5.75 Å². The molecule has 2 rings (SSSR count).